The van der Waals surface area contributed by atoms with Crippen molar-refractivity contribution in [2.24, 2.45) is 51.1 Å². The number of alkyl carbamates (subject to hydrolysis) is 1. The van der Waals surface area contributed by atoms with Gasteiger partial charge in [-0.15, -0.1) is 0 Å². The third kappa shape index (κ3) is 5.41. The molecule has 11 unspecified atom stereocenters. The predicted octanol–water partition coefficient (Wildman–Crippen LogP) is 6.34. The van der Waals surface area contributed by atoms with Crippen LogP contribution in [0.2, 0.25) is 0 Å². The van der Waals surface area contributed by atoms with Gasteiger partial charge in [-0.05, 0) is 104 Å². The molecule has 2 saturated heterocycles. The summed E-state index contributed by atoms with van der Waals surface area (Å²) in [6.45, 7) is 10.6. The van der Waals surface area contributed by atoms with Crippen molar-refractivity contribution in [3.8, 4) is 0 Å². The lowest BCUT2D eigenvalue weighted by atomic mass is 9.44. The van der Waals surface area contributed by atoms with E-state index < -0.39 is 18.8 Å². The summed E-state index contributed by atoms with van der Waals surface area (Å²) in [7, 11) is 3.42. The molecular formula is C37H59F3N4O5. The Morgan fingerprint density at radius 2 is 1.67 bits per heavy atom. The minimum absolute atomic E-state index is 0.00602. The van der Waals surface area contributed by atoms with Crippen LogP contribution in [0.5, 0.6) is 0 Å². The van der Waals surface area contributed by atoms with Crippen LogP contribution in [0.15, 0.2) is 0 Å². The maximum Gasteiger partial charge on any atom is 0.409 e. The number of ether oxygens (including phenoxy) is 3. The van der Waals surface area contributed by atoms with Crippen LogP contribution in [-0.4, -0.2) is 97.9 Å². The Labute approximate surface area is 289 Å². The molecule has 0 aromatic carbocycles. The molecule has 278 valence electrons. The van der Waals surface area contributed by atoms with Gasteiger partial charge in [-0.1, -0.05) is 34.6 Å². The summed E-state index contributed by atoms with van der Waals surface area (Å²) in [4.78, 5) is 28.3. The molecule has 5 aliphatic carbocycles. The van der Waals surface area contributed by atoms with Crippen LogP contribution in [0, 0.1) is 45.3 Å². The zero-order valence-corrected chi connectivity index (χ0v) is 30.5. The molecule has 0 aromatic heterocycles. The monoisotopic (exact) mass is 696 g/mol. The number of nitrogens with zero attached hydrogens (tertiary/aromatic N) is 2. The molecule has 0 aromatic rings. The van der Waals surface area contributed by atoms with E-state index in [9.17, 15) is 22.8 Å². The van der Waals surface area contributed by atoms with Gasteiger partial charge in [-0.3, -0.25) is 4.90 Å². The number of fused-ring (bicyclic) bond motifs is 4. The molecule has 0 radical (unpaired) electrons. The van der Waals surface area contributed by atoms with Gasteiger partial charge in [0, 0.05) is 38.1 Å². The topological polar surface area (TPSA) is 106 Å². The van der Waals surface area contributed by atoms with Crippen molar-refractivity contribution in [2.75, 3.05) is 33.7 Å². The lowest BCUT2D eigenvalue weighted by molar-refractivity contribution is -0.156. The lowest BCUT2D eigenvalue weighted by Gasteiger charge is -2.62. The summed E-state index contributed by atoms with van der Waals surface area (Å²) in [6, 6.07) is -0.314. The number of hydrogen-bond donors (Lipinski definition) is 2. The molecule has 5 saturated carbocycles. The van der Waals surface area contributed by atoms with Crippen molar-refractivity contribution in [1.82, 2.24) is 15.1 Å². The molecule has 0 bridgehead atoms. The van der Waals surface area contributed by atoms with Crippen LogP contribution in [0.3, 0.4) is 0 Å². The second-order valence-corrected chi connectivity index (χ2v) is 18.6. The molecule has 2 aliphatic heterocycles. The SMILES string of the molecule is CC(C)C(OC(=O)N(C)C)C1CCC2C(CC3(N)C4CCC5C(C)(C)C(OC(=O)NC6CN(CC(F)(F)F)C6)CCC56CC46CCC23C)O1. The first-order valence-electron chi connectivity index (χ1n) is 18.8. The number of nitrogens with two attached hydrogens (primary N) is 1. The van der Waals surface area contributed by atoms with Gasteiger partial charge in [-0.25, -0.2) is 9.59 Å². The third-order valence-corrected chi connectivity index (χ3v) is 15.4. The molecule has 2 heterocycles. The number of carbonyl (C=O) groups is 2. The molecule has 2 amide bonds. The van der Waals surface area contributed by atoms with Crippen LogP contribution in [0.4, 0.5) is 22.8 Å². The van der Waals surface area contributed by atoms with Gasteiger partial charge in [0.05, 0.1) is 24.8 Å². The van der Waals surface area contributed by atoms with Crippen molar-refractivity contribution in [2.45, 2.75) is 141 Å². The highest BCUT2D eigenvalue weighted by atomic mass is 19.4. The first-order chi connectivity index (χ1) is 22.8. The fraction of sp³-hybridized carbons (Fsp3) is 0.946. The number of hydrogen-bond acceptors (Lipinski definition) is 7. The molecule has 7 aliphatic rings. The summed E-state index contributed by atoms with van der Waals surface area (Å²) < 4.78 is 57.1. The zero-order valence-electron chi connectivity index (χ0n) is 30.5. The van der Waals surface area contributed by atoms with Crippen molar-refractivity contribution in [3.63, 3.8) is 0 Å². The number of amides is 2. The van der Waals surface area contributed by atoms with E-state index in [0.717, 1.165) is 51.4 Å². The van der Waals surface area contributed by atoms with Gasteiger partial charge in [-0.2, -0.15) is 13.2 Å². The highest BCUT2D eigenvalue weighted by Crippen LogP contribution is 2.87. The summed E-state index contributed by atoms with van der Waals surface area (Å²) in [5.74, 6) is 1.38. The number of alkyl halides is 3. The van der Waals surface area contributed by atoms with E-state index in [1.165, 1.54) is 22.6 Å². The number of rotatable bonds is 6. The van der Waals surface area contributed by atoms with Gasteiger partial charge < -0.3 is 30.2 Å². The minimum atomic E-state index is -4.24. The van der Waals surface area contributed by atoms with Gasteiger partial charge in [0.1, 0.15) is 12.2 Å². The number of halogens is 3. The van der Waals surface area contributed by atoms with Crippen LogP contribution >= 0.6 is 0 Å². The maximum absolute atomic E-state index is 13.0. The van der Waals surface area contributed by atoms with Gasteiger partial charge in [0.15, 0.2) is 0 Å². The Morgan fingerprint density at radius 1 is 1.00 bits per heavy atom. The third-order valence-electron chi connectivity index (χ3n) is 15.4. The van der Waals surface area contributed by atoms with E-state index in [2.05, 4.69) is 39.9 Å². The first-order valence-corrected chi connectivity index (χ1v) is 18.8. The van der Waals surface area contributed by atoms with Crippen LogP contribution < -0.4 is 11.1 Å². The van der Waals surface area contributed by atoms with Gasteiger partial charge in [0.2, 0.25) is 0 Å². The minimum Gasteiger partial charge on any atom is -0.446 e. The molecule has 7 rings (SSSR count). The summed E-state index contributed by atoms with van der Waals surface area (Å²) >= 11 is 0. The molecule has 12 heteroatoms. The first kappa shape index (κ1) is 35.6. The van der Waals surface area contributed by atoms with Crippen molar-refractivity contribution in [1.29, 1.82) is 0 Å². The van der Waals surface area contributed by atoms with Crippen LogP contribution in [0.1, 0.15) is 98.8 Å². The van der Waals surface area contributed by atoms with E-state index in [1.807, 2.05) is 0 Å². The highest BCUT2D eigenvalue weighted by molar-refractivity contribution is 5.68. The van der Waals surface area contributed by atoms with Crippen LogP contribution in [0.25, 0.3) is 0 Å². The number of likely N-dealkylation sites (tertiary alicyclic amines) is 1. The Morgan fingerprint density at radius 3 is 2.33 bits per heavy atom. The highest BCUT2D eigenvalue weighted by Gasteiger charge is 2.83. The Kier molecular flexibility index (Phi) is 8.43. The van der Waals surface area contributed by atoms with E-state index in [4.69, 9.17) is 19.9 Å². The Bertz CT molecular complexity index is 1320. The predicted molar refractivity (Wildman–Crippen MR) is 177 cm³/mol. The van der Waals surface area contributed by atoms with Crippen molar-refractivity contribution < 1.29 is 37.0 Å². The maximum atomic E-state index is 13.0. The van der Waals surface area contributed by atoms with E-state index >= 15 is 0 Å². The van der Waals surface area contributed by atoms with E-state index in [-0.39, 0.29) is 82.8 Å². The van der Waals surface area contributed by atoms with Crippen molar-refractivity contribution >= 4 is 12.2 Å². The fourth-order valence-corrected chi connectivity index (χ4v) is 13.1. The van der Waals surface area contributed by atoms with Gasteiger partial charge >= 0.3 is 18.4 Å². The average Bonchev–Trinajstić information content (AvgIpc) is 3.58. The molecule has 49 heavy (non-hydrogen) atoms. The smallest absolute Gasteiger partial charge is 0.409 e. The van der Waals surface area contributed by atoms with E-state index in [1.54, 1.807) is 14.1 Å². The molecule has 9 nitrogen and oxygen atoms in total. The van der Waals surface area contributed by atoms with Crippen molar-refractivity contribution in [3.05, 3.63) is 0 Å². The molecule has 11 atom stereocenters. The summed E-state index contributed by atoms with van der Waals surface area (Å²) in [5, 5.41) is 2.82. The molecule has 3 N–H and O–H groups in total. The zero-order chi connectivity index (χ0) is 35.5. The average molecular weight is 697 g/mol. The quantitative estimate of drug-likeness (QED) is 0.334. The normalized spacial score (nSPS) is 44.7. The molecule has 7 fully saturated rings. The van der Waals surface area contributed by atoms with E-state index in [0.29, 0.717) is 17.8 Å². The van der Waals surface area contributed by atoms with Gasteiger partial charge in [0.25, 0.3) is 0 Å². The summed E-state index contributed by atoms with van der Waals surface area (Å²) in [6.07, 6.45) is 4.48. The standard InChI is InChI=1S/C37H59F3N4O5/c1-21(2)29(49-31(46)43(6)7)24-9-8-23-25(47-24)16-36(41)27-11-10-26-32(3,4)28(12-13-34(26)19-35(27,34)15-14-33(23,36)5)48-30(45)42-22-17-44(18-22)20-37(38,39)40/h21-29H,8-20,41H2,1-7H3,(H,42,45). The number of nitrogens with one attached hydrogen (secondary N) is 1. The largest absolute Gasteiger partial charge is 0.446 e. The van der Waals surface area contributed by atoms with Crippen LogP contribution in [-0.2, 0) is 14.2 Å². The second kappa shape index (κ2) is 11.6. The molecular weight excluding hydrogens is 637 g/mol. The summed E-state index contributed by atoms with van der Waals surface area (Å²) in [5.41, 5.74) is 7.66. The Balaban J connectivity index is 1.02. The fourth-order valence-electron chi connectivity index (χ4n) is 13.1. The number of carbonyl (C=O) groups excluding carboxylic acids is 2. The second-order valence-electron chi connectivity index (χ2n) is 18.6. The lowest BCUT2D eigenvalue weighted by Crippen LogP contribution is -2.66. The molecule has 2 spiro atoms. The Hall–Kier alpha value is -1.79.